The zero-order valence-corrected chi connectivity index (χ0v) is 15.5. The van der Waals surface area contributed by atoms with Crippen LogP contribution in [0.1, 0.15) is 51.4 Å². The van der Waals surface area contributed by atoms with E-state index in [4.69, 9.17) is 9.47 Å². The van der Waals surface area contributed by atoms with Crippen LogP contribution in [0.5, 0.6) is 0 Å². The lowest BCUT2D eigenvalue weighted by atomic mass is 9.92. The lowest BCUT2D eigenvalue weighted by Crippen LogP contribution is -2.31. The second-order valence-corrected chi connectivity index (χ2v) is 6.79. The summed E-state index contributed by atoms with van der Waals surface area (Å²) < 4.78 is 10.8. The number of ether oxygens (including phenoxy) is 2. The van der Waals surface area contributed by atoms with Gasteiger partial charge in [-0.05, 0) is 25.7 Å². The van der Waals surface area contributed by atoms with Crippen LogP contribution in [0.15, 0.2) is 20.0 Å². The lowest BCUT2D eigenvalue weighted by Gasteiger charge is -2.23. The van der Waals surface area contributed by atoms with Crippen molar-refractivity contribution >= 4 is 24.3 Å². The van der Waals surface area contributed by atoms with Gasteiger partial charge in [0.25, 0.3) is 11.7 Å². The molecule has 2 unspecified atom stereocenters. The van der Waals surface area contributed by atoms with Crippen molar-refractivity contribution in [3.63, 3.8) is 0 Å². The van der Waals surface area contributed by atoms with Gasteiger partial charge in [0.2, 0.25) is 24.3 Å². The molecule has 0 bridgehead atoms. The molecule has 2 aliphatic rings. The largest absolute Gasteiger partial charge is 0.334 e. The van der Waals surface area contributed by atoms with Crippen molar-refractivity contribution in [1.82, 2.24) is 0 Å². The highest BCUT2D eigenvalue weighted by Gasteiger charge is 2.45. The van der Waals surface area contributed by atoms with Crippen LogP contribution in [0.2, 0.25) is 0 Å². The van der Waals surface area contributed by atoms with Gasteiger partial charge in [-0.2, -0.15) is 0 Å². The maximum Gasteiger partial charge on any atom is 0.281 e. The van der Waals surface area contributed by atoms with E-state index in [0.29, 0.717) is 38.9 Å². The summed E-state index contributed by atoms with van der Waals surface area (Å²) in [5, 5.41) is 0. The van der Waals surface area contributed by atoms with Crippen LogP contribution in [0.25, 0.3) is 0 Å². The fourth-order valence-corrected chi connectivity index (χ4v) is 3.92. The van der Waals surface area contributed by atoms with Gasteiger partial charge >= 0.3 is 0 Å². The molecule has 0 saturated carbocycles. The van der Waals surface area contributed by atoms with Gasteiger partial charge < -0.3 is 9.47 Å². The third-order valence-corrected chi connectivity index (χ3v) is 5.30. The first-order valence-corrected chi connectivity index (χ1v) is 9.30. The van der Waals surface area contributed by atoms with Crippen LogP contribution in [-0.2, 0) is 28.7 Å². The Hall–Kier alpha value is -2.56. The molecule has 0 aromatic heterocycles. The monoisotopic (exact) mass is 390 g/mol. The molecule has 0 aromatic carbocycles. The highest BCUT2D eigenvalue weighted by Crippen LogP contribution is 2.39. The Morgan fingerprint density at radius 3 is 1.32 bits per heavy atom. The van der Waals surface area contributed by atoms with Gasteiger partial charge in [-0.15, -0.1) is 20.0 Å². The molecule has 2 aliphatic heterocycles. The van der Waals surface area contributed by atoms with Crippen LogP contribution in [0.4, 0.5) is 0 Å². The molecular weight excluding hydrogens is 368 g/mol. The van der Waals surface area contributed by atoms with Crippen LogP contribution < -0.4 is 0 Å². The molecule has 0 radical (unpaired) electrons. The minimum absolute atomic E-state index is 0.157. The van der Waals surface area contributed by atoms with Crippen LogP contribution >= 0.6 is 0 Å². The van der Waals surface area contributed by atoms with E-state index in [0.717, 1.165) is 25.7 Å². The third kappa shape index (κ3) is 5.03. The summed E-state index contributed by atoms with van der Waals surface area (Å²) in [6.45, 7) is 0.749. The van der Waals surface area contributed by atoms with Gasteiger partial charge in [0, 0.05) is 11.8 Å². The molecule has 2 saturated heterocycles. The summed E-state index contributed by atoms with van der Waals surface area (Å²) in [6, 6.07) is 0. The average molecular weight is 390 g/mol. The van der Waals surface area contributed by atoms with Gasteiger partial charge in [-0.1, -0.05) is 25.7 Å². The minimum atomic E-state index is -1.47. The third-order valence-electron chi connectivity index (χ3n) is 5.30. The van der Waals surface area contributed by atoms with E-state index in [1.807, 2.05) is 0 Å². The van der Waals surface area contributed by atoms with Gasteiger partial charge in [0.05, 0.1) is 13.2 Å². The summed E-state index contributed by atoms with van der Waals surface area (Å²) in [7, 11) is 0. The van der Waals surface area contributed by atoms with Gasteiger partial charge in [0.15, 0.2) is 0 Å². The van der Waals surface area contributed by atoms with E-state index in [9.17, 15) is 19.2 Å². The predicted molar refractivity (Wildman–Crippen MR) is 93.8 cm³/mol. The zero-order valence-electron chi connectivity index (χ0n) is 15.5. The normalized spacial score (nSPS) is 31.1. The molecule has 0 aliphatic carbocycles. The van der Waals surface area contributed by atoms with Crippen molar-refractivity contribution in [3.8, 4) is 0 Å². The van der Waals surface area contributed by atoms with Gasteiger partial charge in [-0.3, -0.25) is 0 Å². The number of hydrogen-bond donors (Lipinski definition) is 0. The topological polar surface area (TPSA) is 136 Å². The van der Waals surface area contributed by atoms with Crippen molar-refractivity contribution in [1.29, 1.82) is 0 Å². The molecule has 10 heteroatoms. The summed E-state index contributed by atoms with van der Waals surface area (Å²) in [5.41, 5.74) is 0. The zero-order chi connectivity index (χ0) is 20.3. The summed E-state index contributed by atoms with van der Waals surface area (Å²) >= 11 is 0. The molecule has 0 amide bonds. The molecule has 0 N–H and O–H groups in total. The number of aliphatic imine (C=N–C) groups is 4. The summed E-state index contributed by atoms with van der Waals surface area (Å²) in [6.07, 6.45) is 12.0. The Kier molecular flexibility index (Phi) is 8.30. The summed E-state index contributed by atoms with van der Waals surface area (Å²) in [4.78, 5) is 56.9. The quantitative estimate of drug-likeness (QED) is 0.301. The highest BCUT2D eigenvalue weighted by molar-refractivity contribution is 5.39. The molecule has 10 nitrogen and oxygen atoms in total. The molecule has 2 fully saturated rings. The number of unbranched alkanes of at least 4 members (excludes halogenated alkanes) is 3. The maximum atomic E-state index is 10.6. The van der Waals surface area contributed by atoms with Crippen molar-refractivity contribution in [2.45, 2.75) is 63.1 Å². The van der Waals surface area contributed by atoms with Gasteiger partial charge in [-0.25, -0.2) is 19.2 Å². The number of hydrogen-bond acceptors (Lipinski definition) is 10. The predicted octanol–water partition coefficient (Wildman–Crippen LogP) is 2.05. The maximum absolute atomic E-state index is 10.6. The first-order chi connectivity index (χ1) is 13.7. The first-order valence-electron chi connectivity index (χ1n) is 9.30. The molecule has 2 atom stereocenters. The number of rotatable bonds is 11. The number of isocyanates is 4. The Morgan fingerprint density at radius 1 is 0.643 bits per heavy atom. The van der Waals surface area contributed by atoms with E-state index >= 15 is 0 Å². The molecule has 0 spiro atoms. The molecule has 150 valence electrons. The van der Waals surface area contributed by atoms with Crippen LogP contribution in [0.3, 0.4) is 0 Å². The number of nitrogens with zero attached hydrogens (tertiary/aromatic N) is 4. The van der Waals surface area contributed by atoms with Crippen molar-refractivity contribution in [2.24, 2.45) is 31.8 Å². The number of carbonyl (C=O) groups excluding carboxylic acids is 4. The SMILES string of the molecule is O=C=NC1(N=C=O)OCCC1CCCCCCC1CCOC1(N=C=O)N=C=O. The lowest BCUT2D eigenvalue weighted by molar-refractivity contribution is -0.00945. The van der Waals surface area contributed by atoms with Crippen molar-refractivity contribution < 1.29 is 28.7 Å². The second kappa shape index (κ2) is 10.7. The smallest absolute Gasteiger partial charge is 0.281 e. The van der Waals surface area contributed by atoms with E-state index in [1.165, 1.54) is 24.3 Å². The first kappa shape index (κ1) is 21.7. The van der Waals surface area contributed by atoms with E-state index < -0.39 is 11.7 Å². The highest BCUT2D eigenvalue weighted by atomic mass is 16.5. The van der Waals surface area contributed by atoms with Crippen LogP contribution in [-0.4, -0.2) is 49.2 Å². The van der Waals surface area contributed by atoms with Crippen molar-refractivity contribution in [3.05, 3.63) is 0 Å². The fraction of sp³-hybridized carbons (Fsp3) is 0.778. The standard InChI is InChI=1S/C18H22N4O6/c23-11-19-17(20-12-24)15(7-9-27-17)5-3-1-2-4-6-16-8-10-28-18(16,21-13-25)22-14-26/h15-16H,1-10H2. The Morgan fingerprint density at radius 2 is 1.00 bits per heavy atom. The van der Waals surface area contributed by atoms with E-state index in [-0.39, 0.29) is 11.8 Å². The fourth-order valence-electron chi connectivity index (χ4n) is 3.92. The minimum Gasteiger partial charge on any atom is -0.334 e. The van der Waals surface area contributed by atoms with Gasteiger partial charge in [0.1, 0.15) is 0 Å². The average Bonchev–Trinajstić information content (AvgIpc) is 3.24. The van der Waals surface area contributed by atoms with Crippen molar-refractivity contribution in [2.75, 3.05) is 13.2 Å². The molecule has 28 heavy (non-hydrogen) atoms. The Labute approximate surface area is 161 Å². The molecular formula is C18H22N4O6. The molecule has 2 heterocycles. The Bertz CT molecular complexity index is 632. The summed E-state index contributed by atoms with van der Waals surface area (Å²) in [5.74, 6) is -3.25. The molecule has 0 aromatic rings. The molecule has 2 rings (SSSR count). The second-order valence-electron chi connectivity index (χ2n) is 6.79. The van der Waals surface area contributed by atoms with E-state index in [1.54, 1.807) is 0 Å². The Balaban J connectivity index is 1.77. The van der Waals surface area contributed by atoms with Crippen LogP contribution in [0, 0.1) is 11.8 Å². The van der Waals surface area contributed by atoms with E-state index in [2.05, 4.69) is 20.0 Å².